The smallest absolute Gasteiger partial charge is 0.116 e. The van der Waals surface area contributed by atoms with Crippen LogP contribution in [0.15, 0.2) is 24.4 Å². The van der Waals surface area contributed by atoms with Crippen LogP contribution in [-0.4, -0.2) is 34.9 Å². The van der Waals surface area contributed by atoms with Gasteiger partial charge in [0.15, 0.2) is 0 Å². The molecule has 0 atom stereocenters. The molecule has 2 N–H and O–H groups in total. The largest absolute Gasteiger partial charge is 0.385 e. The van der Waals surface area contributed by atoms with Crippen LogP contribution in [0.25, 0.3) is 5.52 Å². The zero-order chi connectivity index (χ0) is 10.8. The van der Waals surface area contributed by atoms with Crippen LogP contribution in [0.3, 0.4) is 0 Å². The average Bonchev–Trinajstić information content (AvgIpc) is 2.59. The van der Waals surface area contributed by atoms with Crippen LogP contribution in [0.2, 0.25) is 0 Å². The first-order chi connectivity index (χ1) is 7.18. The first-order valence-electron chi connectivity index (χ1n) is 5.04. The van der Waals surface area contributed by atoms with Gasteiger partial charge in [-0.15, -0.1) is 0 Å². The second-order valence-corrected chi connectivity index (χ2v) is 3.94. The Balaban J connectivity index is 2.35. The molecule has 2 rings (SSSR count). The van der Waals surface area contributed by atoms with E-state index in [0.29, 0.717) is 0 Å². The lowest BCUT2D eigenvalue weighted by Crippen LogP contribution is -2.16. The molecular weight excluding hydrogens is 188 g/mol. The van der Waals surface area contributed by atoms with Crippen molar-refractivity contribution in [3.63, 3.8) is 0 Å². The highest BCUT2D eigenvalue weighted by atomic mass is 15.1. The number of aromatic nitrogens is 2. The summed E-state index contributed by atoms with van der Waals surface area (Å²) >= 11 is 0. The van der Waals surface area contributed by atoms with Crippen molar-refractivity contribution in [1.82, 2.24) is 14.3 Å². The zero-order valence-corrected chi connectivity index (χ0v) is 9.14. The van der Waals surface area contributed by atoms with Crippen molar-refractivity contribution in [2.45, 2.75) is 6.42 Å². The number of likely N-dealkylation sites (N-methyl/N-ethyl adjacent to an activating group) is 1. The van der Waals surface area contributed by atoms with Crippen molar-refractivity contribution in [2.24, 2.45) is 0 Å². The Morgan fingerprint density at radius 3 is 2.93 bits per heavy atom. The summed E-state index contributed by atoms with van der Waals surface area (Å²) < 4.78 is 2.00. The Morgan fingerprint density at radius 1 is 1.40 bits per heavy atom. The number of pyridine rings is 1. The van der Waals surface area contributed by atoms with Crippen molar-refractivity contribution < 1.29 is 0 Å². The van der Waals surface area contributed by atoms with Gasteiger partial charge in [-0.2, -0.15) is 0 Å². The second-order valence-electron chi connectivity index (χ2n) is 3.94. The molecule has 2 heterocycles. The van der Waals surface area contributed by atoms with Crippen molar-refractivity contribution in [3.8, 4) is 0 Å². The van der Waals surface area contributed by atoms with Crippen LogP contribution < -0.4 is 5.73 Å². The highest BCUT2D eigenvalue weighted by Crippen LogP contribution is 2.12. The highest BCUT2D eigenvalue weighted by molar-refractivity contribution is 5.53. The lowest BCUT2D eigenvalue weighted by molar-refractivity contribution is 0.409. The van der Waals surface area contributed by atoms with E-state index in [2.05, 4.69) is 24.0 Å². The molecule has 0 aromatic carbocycles. The summed E-state index contributed by atoms with van der Waals surface area (Å²) in [6, 6.07) is 5.86. The molecule has 4 heteroatoms. The monoisotopic (exact) mass is 204 g/mol. The maximum atomic E-state index is 5.92. The standard InChI is InChI=1S/C11H16N4/c1-14(2)7-6-11-13-8-9-4-3-5-10(12)15(9)11/h3-5,8H,6-7,12H2,1-2H3. The Morgan fingerprint density at radius 2 is 2.20 bits per heavy atom. The summed E-state index contributed by atoms with van der Waals surface area (Å²) in [5.41, 5.74) is 6.98. The molecule has 0 aliphatic heterocycles. The lowest BCUT2D eigenvalue weighted by atomic mass is 10.3. The number of rotatable bonds is 3. The normalized spacial score (nSPS) is 11.4. The predicted octanol–water partition coefficient (Wildman–Crippen LogP) is 1.02. The Hall–Kier alpha value is -1.55. The molecule has 0 bridgehead atoms. The van der Waals surface area contributed by atoms with Gasteiger partial charge in [0.1, 0.15) is 11.6 Å². The van der Waals surface area contributed by atoms with Gasteiger partial charge in [-0.1, -0.05) is 6.07 Å². The Bertz CT molecular complexity index is 459. The van der Waals surface area contributed by atoms with Gasteiger partial charge < -0.3 is 10.6 Å². The first-order valence-corrected chi connectivity index (χ1v) is 5.04. The summed E-state index contributed by atoms with van der Waals surface area (Å²) in [5.74, 6) is 1.77. The topological polar surface area (TPSA) is 46.6 Å². The first kappa shape index (κ1) is 9.98. The van der Waals surface area contributed by atoms with Crippen LogP contribution in [0, 0.1) is 0 Å². The van der Waals surface area contributed by atoms with E-state index in [1.54, 1.807) is 0 Å². The van der Waals surface area contributed by atoms with E-state index in [1.807, 2.05) is 28.8 Å². The minimum Gasteiger partial charge on any atom is -0.385 e. The van der Waals surface area contributed by atoms with Gasteiger partial charge in [-0.25, -0.2) is 4.98 Å². The molecule has 2 aromatic rings. The van der Waals surface area contributed by atoms with Gasteiger partial charge in [0.2, 0.25) is 0 Å². The van der Waals surface area contributed by atoms with Gasteiger partial charge >= 0.3 is 0 Å². The van der Waals surface area contributed by atoms with Crippen molar-refractivity contribution >= 4 is 11.3 Å². The van der Waals surface area contributed by atoms with Crippen LogP contribution in [0.5, 0.6) is 0 Å². The van der Waals surface area contributed by atoms with E-state index in [0.717, 1.165) is 30.1 Å². The number of nitrogens with two attached hydrogens (primary N) is 1. The third-order valence-electron chi connectivity index (χ3n) is 2.44. The summed E-state index contributed by atoms with van der Waals surface area (Å²) in [7, 11) is 4.11. The molecule has 0 spiro atoms. The second kappa shape index (κ2) is 3.90. The fourth-order valence-corrected chi connectivity index (χ4v) is 1.64. The molecule has 0 saturated heterocycles. The van der Waals surface area contributed by atoms with E-state index >= 15 is 0 Å². The number of imidazole rings is 1. The molecule has 15 heavy (non-hydrogen) atoms. The number of fused-ring (bicyclic) bond motifs is 1. The molecule has 4 nitrogen and oxygen atoms in total. The summed E-state index contributed by atoms with van der Waals surface area (Å²) in [6.45, 7) is 0.980. The lowest BCUT2D eigenvalue weighted by Gasteiger charge is -2.09. The number of anilines is 1. The number of hydrogen-bond acceptors (Lipinski definition) is 3. The van der Waals surface area contributed by atoms with E-state index in [1.165, 1.54) is 0 Å². The summed E-state index contributed by atoms with van der Waals surface area (Å²) in [6.07, 6.45) is 2.77. The number of nitrogens with zero attached hydrogens (tertiary/aromatic N) is 3. The molecule has 80 valence electrons. The average molecular weight is 204 g/mol. The van der Waals surface area contributed by atoms with Crippen molar-refractivity contribution in [3.05, 3.63) is 30.2 Å². The van der Waals surface area contributed by atoms with Crippen LogP contribution in [0.1, 0.15) is 5.82 Å². The van der Waals surface area contributed by atoms with E-state index in [9.17, 15) is 0 Å². The molecule has 0 saturated carbocycles. The highest BCUT2D eigenvalue weighted by Gasteiger charge is 2.05. The maximum Gasteiger partial charge on any atom is 0.116 e. The molecule has 0 aliphatic carbocycles. The predicted molar refractivity (Wildman–Crippen MR) is 61.9 cm³/mol. The van der Waals surface area contributed by atoms with Gasteiger partial charge in [-0.3, -0.25) is 4.40 Å². The van der Waals surface area contributed by atoms with Crippen molar-refractivity contribution in [1.29, 1.82) is 0 Å². The van der Waals surface area contributed by atoms with Gasteiger partial charge in [-0.05, 0) is 26.2 Å². The number of nitrogen functional groups attached to an aromatic ring is 1. The van der Waals surface area contributed by atoms with Gasteiger partial charge in [0.05, 0.1) is 11.7 Å². The SMILES string of the molecule is CN(C)CCc1ncc2cccc(N)n12. The molecular formula is C11H16N4. The van der Waals surface area contributed by atoms with Crippen LogP contribution in [0.4, 0.5) is 5.82 Å². The summed E-state index contributed by atoms with van der Waals surface area (Å²) in [5, 5.41) is 0. The molecule has 0 fully saturated rings. The fraction of sp³-hybridized carbons (Fsp3) is 0.364. The summed E-state index contributed by atoms with van der Waals surface area (Å²) in [4.78, 5) is 6.52. The molecule has 0 unspecified atom stereocenters. The maximum absolute atomic E-state index is 5.92. The Kier molecular flexibility index (Phi) is 2.60. The van der Waals surface area contributed by atoms with Gasteiger partial charge in [0, 0.05) is 13.0 Å². The zero-order valence-electron chi connectivity index (χ0n) is 9.14. The molecule has 0 amide bonds. The number of hydrogen-bond donors (Lipinski definition) is 1. The third-order valence-corrected chi connectivity index (χ3v) is 2.44. The van der Waals surface area contributed by atoms with E-state index in [-0.39, 0.29) is 0 Å². The molecule has 2 aromatic heterocycles. The van der Waals surface area contributed by atoms with Crippen LogP contribution in [-0.2, 0) is 6.42 Å². The quantitative estimate of drug-likeness (QED) is 0.812. The van der Waals surface area contributed by atoms with E-state index in [4.69, 9.17) is 5.73 Å². The molecule has 0 aliphatic rings. The fourth-order valence-electron chi connectivity index (χ4n) is 1.64. The Labute approximate surface area is 89.3 Å². The van der Waals surface area contributed by atoms with E-state index < -0.39 is 0 Å². The minimum absolute atomic E-state index is 0.749. The third kappa shape index (κ3) is 1.94. The molecule has 0 radical (unpaired) electrons. The van der Waals surface area contributed by atoms with Crippen molar-refractivity contribution in [2.75, 3.05) is 26.4 Å². The van der Waals surface area contributed by atoms with Gasteiger partial charge in [0.25, 0.3) is 0 Å². The minimum atomic E-state index is 0.749. The van der Waals surface area contributed by atoms with Crippen LogP contribution >= 0.6 is 0 Å².